The summed E-state index contributed by atoms with van der Waals surface area (Å²) in [6.45, 7) is 3.03. The van der Waals surface area contributed by atoms with Gasteiger partial charge in [-0.05, 0) is 47.7 Å². The van der Waals surface area contributed by atoms with Gasteiger partial charge in [-0.1, -0.05) is 60.7 Å². The molecule has 118 valence electrons. The maximum atomic E-state index is 9.25. The van der Waals surface area contributed by atoms with Crippen LogP contribution < -0.4 is 5.32 Å². The Morgan fingerprint density at radius 3 is 2.33 bits per heavy atom. The summed E-state index contributed by atoms with van der Waals surface area (Å²) < 4.78 is 0. The Morgan fingerprint density at radius 1 is 0.875 bits per heavy atom. The van der Waals surface area contributed by atoms with Crippen molar-refractivity contribution in [2.45, 2.75) is 13.3 Å². The second-order valence-electron chi connectivity index (χ2n) is 5.72. The van der Waals surface area contributed by atoms with E-state index in [9.17, 15) is 5.26 Å². The highest BCUT2D eigenvalue weighted by molar-refractivity contribution is 5.70. The van der Waals surface area contributed by atoms with Crippen LogP contribution in [0, 0.1) is 11.3 Å². The van der Waals surface area contributed by atoms with Crippen molar-refractivity contribution in [2.24, 2.45) is 0 Å². The average molecular weight is 312 g/mol. The normalized spacial score (nSPS) is 10.2. The number of nitrogens with one attached hydrogen (secondary N) is 1. The van der Waals surface area contributed by atoms with E-state index in [4.69, 9.17) is 0 Å². The van der Waals surface area contributed by atoms with Crippen LogP contribution in [0.1, 0.15) is 23.6 Å². The van der Waals surface area contributed by atoms with Gasteiger partial charge in [0, 0.05) is 12.2 Å². The molecule has 0 bridgehead atoms. The van der Waals surface area contributed by atoms with Crippen molar-refractivity contribution in [1.82, 2.24) is 0 Å². The first-order valence-electron chi connectivity index (χ1n) is 8.22. The zero-order valence-electron chi connectivity index (χ0n) is 13.8. The smallest absolute Gasteiger partial charge is 0.0998 e. The molecule has 3 rings (SSSR count). The monoisotopic (exact) mass is 312 g/mol. The molecule has 0 aliphatic rings. The molecule has 0 saturated carbocycles. The zero-order valence-corrected chi connectivity index (χ0v) is 13.8. The highest BCUT2D eigenvalue weighted by Gasteiger charge is 2.05. The first kappa shape index (κ1) is 15.8. The number of benzene rings is 3. The minimum Gasteiger partial charge on any atom is -0.385 e. The molecule has 0 unspecified atom stereocenters. The van der Waals surface area contributed by atoms with Crippen molar-refractivity contribution in [3.8, 4) is 17.2 Å². The second kappa shape index (κ2) is 7.48. The van der Waals surface area contributed by atoms with Crippen molar-refractivity contribution in [2.75, 3.05) is 11.9 Å². The molecule has 2 nitrogen and oxygen atoms in total. The summed E-state index contributed by atoms with van der Waals surface area (Å²) >= 11 is 0. The van der Waals surface area contributed by atoms with Gasteiger partial charge in [-0.15, -0.1) is 0 Å². The van der Waals surface area contributed by atoms with E-state index >= 15 is 0 Å². The van der Waals surface area contributed by atoms with Gasteiger partial charge in [0.25, 0.3) is 0 Å². The fourth-order valence-electron chi connectivity index (χ4n) is 2.89. The summed E-state index contributed by atoms with van der Waals surface area (Å²) in [4.78, 5) is 0. The van der Waals surface area contributed by atoms with Crippen LogP contribution in [0.15, 0.2) is 72.8 Å². The maximum Gasteiger partial charge on any atom is 0.0998 e. The van der Waals surface area contributed by atoms with Crippen LogP contribution in [0.25, 0.3) is 11.1 Å². The molecule has 2 heteroatoms. The van der Waals surface area contributed by atoms with Crippen LogP contribution in [-0.2, 0) is 6.42 Å². The van der Waals surface area contributed by atoms with E-state index in [-0.39, 0.29) is 0 Å². The standard InChI is InChI=1S/C22H20N2/c1-2-24-22-10-6-4-7-19(22)15-17-11-13-18(14-12-17)21-9-5-3-8-20(21)16-23/h3-14,24H,2,15H2,1H3. The number of anilines is 1. The summed E-state index contributed by atoms with van der Waals surface area (Å²) in [5, 5.41) is 12.7. The molecule has 0 heterocycles. The van der Waals surface area contributed by atoms with Crippen molar-refractivity contribution < 1.29 is 0 Å². The summed E-state index contributed by atoms with van der Waals surface area (Å²) in [7, 11) is 0. The summed E-state index contributed by atoms with van der Waals surface area (Å²) in [6, 6.07) is 26.9. The highest BCUT2D eigenvalue weighted by atomic mass is 14.9. The molecular formula is C22H20N2. The van der Waals surface area contributed by atoms with Gasteiger partial charge in [0.2, 0.25) is 0 Å². The quantitative estimate of drug-likeness (QED) is 0.698. The maximum absolute atomic E-state index is 9.25. The lowest BCUT2D eigenvalue weighted by molar-refractivity contribution is 1.15. The third-order valence-corrected chi connectivity index (χ3v) is 4.09. The molecule has 3 aromatic carbocycles. The molecule has 24 heavy (non-hydrogen) atoms. The van der Waals surface area contributed by atoms with Crippen LogP contribution >= 0.6 is 0 Å². The molecule has 0 aliphatic heterocycles. The topological polar surface area (TPSA) is 35.8 Å². The van der Waals surface area contributed by atoms with Crippen LogP contribution in [-0.4, -0.2) is 6.54 Å². The summed E-state index contributed by atoms with van der Waals surface area (Å²) in [5.74, 6) is 0. The van der Waals surface area contributed by atoms with Gasteiger partial charge < -0.3 is 5.32 Å². The summed E-state index contributed by atoms with van der Waals surface area (Å²) in [5.41, 5.74) is 6.53. The summed E-state index contributed by atoms with van der Waals surface area (Å²) in [6.07, 6.45) is 0.892. The third kappa shape index (κ3) is 3.47. The van der Waals surface area contributed by atoms with E-state index in [2.05, 4.69) is 66.8 Å². The van der Waals surface area contributed by atoms with Crippen molar-refractivity contribution in [1.29, 1.82) is 5.26 Å². The van der Waals surface area contributed by atoms with E-state index < -0.39 is 0 Å². The third-order valence-electron chi connectivity index (χ3n) is 4.09. The Bertz CT molecular complexity index is 858. The van der Waals surface area contributed by atoms with Gasteiger partial charge in [-0.3, -0.25) is 0 Å². The van der Waals surface area contributed by atoms with Gasteiger partial charge in [-0.25, -0.2) is 0 Å². The molecule has 0 saturated heterocycles. The number of hydrogen-bond donors (Lipinski definition) is 1. The number of nitriles is 1. The average Bonchev–Trinajstić information content (AvgIpc) is 2.64. The minimum absolute atomic E-state index is 0.711. The molecule has 0 atom stereocenters. The molecule has 0 radical (unpaired) electrons. The van der Waals surface area contributed by atoms with Crippen LogP contribution in [0.5, 0.6) is 0 Å². The Balaban J connectivity index is 1.85. The van der Waals surface area contributed by atoms with E-state index in [1.807, 2.05) is 24.3 Å². The second-order valence-corrected chi connectivity index (χ2v) is 5.72. The zero-order chi connectivity index (χ0) is 16.8. The van der Waals surface area contributed by atoms with E-state index in [0.717, 1.165) is 24.1 Å². The molecule has 0 fully saturated rings. The number of nitrogens with zero attached hydrogens (tertiary/aromatic N) is 1. The molecular weight excluding hydrogens is 292 g/mol. The van der Waals surface area contributed by atoms with Crippen LogP contribution in [0.4, 0.5) is 5.69 Å². The van der Waals surface area contributed by atoms with Gasteiger partial charge in [0.15, 0.2) is 0 Å². The number of rotatable bonds is 5. The first-order valence-corrected chi connectivity index (χ1v) is 8.22. The Hall–Kier alpha value is -3.05. The molecule has 0 amide bonds. The molecule has 1 N–H and O–H groups in total. The lowest BCUT2D eigenvalue weighted by Gasteiger charge is -2.11. The molecule has 0 aliphatic carbocycles. The molecule has 0 spiro atoms. The molecule has 3 aromatic rings. The minimum atomic E-state index is 0.711. The van der Waals surface area contributed by atoms with E-state index in [1.54, 1.807) is 0 Å². The fraction of sp³-hybridized carbons (Fsp3) is 0.136. The molecule has 0 aromatic heterocycles. The predicted molar refractivity (Wildman–Crippen MR) is 100 cm³/mol. The van der Waals surface area contributed by atoms with Crippen molar-refractivity contribution in [3.63, 3.8) is 0 Å². The van der Waals surface area contributed by atoms with E-state index in [0.29, 0.717) is 5.56 Å². The Kier molecular flexibility index (Phi) is 4.93. The SMILES string of the molecule is CCNc1ccccc1Cc1ccc(-c2ccccc2C#N)cc1. The van der Waals surface area contributed by atoms with Crippen molar-refractivity contribution >= 4 is 5.69 Å². The predicted octanol–water partition coefficient (Wildman–Crippen LogP) is 5.25. The lowest BCUT2D eigenvalue weighted by atomic mass is 9.97. The number of para-hydroxylation sites is 1. The Labute approximate surface area is 143 Å². The van der Waals surface area contributed by atoms with Crippen LogP contribution in [0.2, 0.25) is 0 Å². The first-order chi connectivity index (χ1) is 11.8. The van der Waals surface area contributed by atoms with Crippen LogP contribution in [0.3, 0.4) is 0 Å². The van der Waals surface area contributed by atoms with E-state index in [1.165, 1.54) is 16.8 Å². The fourth-order valence-corrected chi connectivity index (χ4v) is 2.89. The van der Waals surface area contributed by atoms with Gasteiger partial charge in [0.1, 0.15) is 0 Å². The highest BCUT2D eigenvalue weighted by Crippen LogP contribution is 2.25. The van der Waals surface area contributed by atoms with Gasteiger partial charge in [0.05, 0.1) is 11.6 Å². The van der Waals surface area contributed by atoms with Gasteiger partial charge >= 0.3 is 0 Å². The van der Waals surface area contributed by atoms with Crippen molar-refractivity contribution in [3.05, 3.63) is 89.5 Å². The lowest BCUT2D eigenvalue weighted by Crippen LogP contribution is -2.01. The largest absolute Gasteiger partial charge is 0.385 e. The Morgan fingerprint density at radius 2 is 1.58 bits per heavy atom. The number of hydrogen-bond acceptors (Lipinski definition) is 2. The van der Waals surface area contributed by atoms with Gasteiger partial charge in [-0.2, -0.15) is 5.26 Å².